The summed E-state index contributed by atoms with van der Waals surface area (Å²) in [5, 5.41) is 9.33. The predicted octanol–water partition coefficient (Wildman–Crippen LogP) is 0.549. The van der Waals surface area contributed by atoms with Crippen LogP contribution in [0, 0.1) is 0 Å². The second kappa shape index (κ2) is 16.5. The van der Waals surface area contributed by atoms with E-state index in [0.29, 0.717) is 64.4 Å². The van der Waals surface area contributed by atoms with Gasteiger partial charge in [-0.15, -0.1) is 0 Å². The molecule has 0 radical (unpaired) electrons. The molecule has 0 aromatic rings. The molecule has 31 heavy (non-hydrogen) atoms. The van der Waals surface area contributed by atoms with E-state index >= 15 is 0 Å². The van der Waals surface area contributed by atoms with Crippen LogP contribution in [0.25, 0.3) is 0 Å². The topological polar surface area (TPSA) is 133 Å². The first-order chi connectivity index (χ1) is 15.2. The van der Waals surface area contributed by atoms with E-state index in [1.165, 1.54) is 0 Å². The zero-order valence-corrected chi connectivity index (χ0v) is 19.1. The molecule has 180 valence electrons. The first-order valence-electron chi connectivity index (χ1n) is 11.3. The quantitative estimate of drug-likeness (QED) is 0.0947. The summed E-state index contributed by atoms with van der Waals surface area (Å²) in [6, 6.07) is 0.450. The van der Waals surface area contributed by atoms with Crippen molar-refractivity contribution in [3.8, 4) is 0 Å². The van der Waals surface area contributed by atoms with E-state index < -0.39 is 0 Å². The van der Waals surface area contributed by atoms with E-state index in [1.54, 1.807) is 0 Å². The Kier molecular flexibility index (Phi) is 13.9. The first kappa shape index (κ1) is 26.1. The molecule has 3 amide bonds. The number of carbonyl (C=O) groups is 2. The number of carbonyl (C=O) groups excluding carboxylic acids is 2. The number of unbranched alkanes of at least 4 members (excludes halogenated alkanes) is 1. The van der Waals surface area contributed by atoms with Gasteiger partial charge in [-0.05, 0) is 32.2 Å². The molecule has 2 aliphatic heterocycles. The normalized spacial score (nSPS) is 22.2. The molecule has 0 bridgehead atoms. The summed E-state index contributed by atoms with van der Waals surface area (Å²) >= 11 is 1.91. The van der Waals surface area contributed by atoms with Gasteiger partial charge in [-0.1, -0.05) is 6.42 Å². The molecular formula is C20H38N4O6S. The van der Waals surface area contributed by atoms with Crippen LogP contribution in [0.5, 0.6) is 0 Å². The number of ether oxygens (including phenoxy) is 2. The van der Waals surface area contributed by atoms with E-state index in [0.717, 1.165) is 37.9 Å². The Morgan fingerprint density at radius 3 is 2.48 bits per heavy atom. The lowest BCUT2D eigenvalue weighted by Crippen LogP contribution is -2.36. The van der Waals surface area contributed by atoms with Crippen LogP contribution in [0.4, 0.5) is 4.79 Å². The Morgan fingerprint density at radius 1 is 1.00 bits per heavy atom. The van der Waals surface area contributed by atoms with Gasteiger partial charge in [0.1, 0.15) is 13.2 Å². The maximum atomic E-state index is 11.9. The number of amides is 3. The second-order valence-corrected chi connectivity index (χ2v) is 8.85. The minimum Gasteiger partial charge on any atom is -0.379 e. The second-order valence-electron chi connectivity index (χ2n) is 7.58. The highest BCUT2D eigenvalue weighted by Crippen LogP contribution is 2.33. The number of hydrogen-bond acceptors (Lipinski definition) is 8. The monoisotopic (exact) mass is 462 g/mol. The van der Waals surface area contributed by atoms with Crippen LogP contribution >= 0.6 is 11.8 Å². The third-order valence-electron chi connectivity index (χ3n) is 5.07. The Bertz CT molecular complexity index is 516. The van der Waals surface area contributed by atoms with Crippen LogP contribution in [-0.2, 0) is 24.0 Å². The Balaban J connectivity index is 1.30. The fourth-order valence-electron chi connectivity index (χ4n) is 3.46. The maximum absolute atomic E-state index is 11.9. The number of urea groups is 1. The molecule has 0 aliphatic carbocycles. The Hall–Kier alpha value is -1.11. The summed E-state index contributed by atoms with van der Waals surface area (Å²) in [6.45, 7) is 4.10. The summed E-state index contributed by atoms with van der Waals surface area (Å²) in [4.78, 5) is 33.2. The van der Waals surface area contributed by atoms with E-state index in [-0.39, 0.29) is 24.0 Å². The molecule has 0 saturated carbocycles. The molecule has 3 atom stereocenters. The van der Waals surface area contributed by atoms with E-state index in [1.807, 2.05) is 11.8 Å². The first-order valence-corrected chi connectivity index (χ1v) is 12.3. The van der Waals surface area contributed by atoms with Gasteiger partial charge in [0.15, 0.2) is 0 Å². The number of thioether (sulfide) groups is 1. The zero-order chi connectivity index (χ0) is 22.2. The smallest absolute Gasteiger partial charge is 0.315 e. The summed E-state index contributed by atoms with van der Waals surface area (Å²) in [5.74, 6) is 1.05. The van der Waals surface area contributed by atoms with Crippen molar-refractivity contribution in [2.75, 3.05) is 58.5 Å². The summed E-state index contributed by atoms with van der Waals surface area (Å²) < 4.78 is 10.7. The summed E-state index contributed by atoms with van der Waals surface area (Å²) in [5.41, 5.74) is 5.36. The maximum Gasteiger partial charge on any atom is 0.315 e. The molecule has 2 heterocycles. The molecule has 2 aliphatic rings. The zero-order valence-electron chi connectivity index (χ0n) is 18.3. The van der Waals surface area contributed by atoms with Crippen molar-refractivity contribution in [3.63, 3.8) is 0 Å². The molecule has 0 aromatic carbocycles. The highest BCUT2D eigenvalue weighted by atomic mass is 32.2. The fraction of sp³-hybridized carbons (Fsp3) is 0.900. The van der Waals surface area contributed by atoms with Gasteiger partial charge in [-0.3, -0.25) is 4.79 Å². The van der Waals surface area contributed by atoms with Crippen LogP contribution in [-0.4, -0.2) is 87.8 Å². The molecule has 10 nitrogen and oxygen atoms in total. The SMILES string of the molecule is NCCCOCCOOCCOCCCNC(=O)CCCC[C@@H]1SC[C@@H]2NC(=O)N[C@@H]21. The minimum atomic E-state index is -0.0515. The van der Waals surface area contributed by atoms with Crippen molar-refractivity contribution in [2.24, 2.45) is 5.73 Å². The largest absolute Gasteiger partial charge is 0.379 e. The molecule has 2 fully saturated rings. The molecule has 0 spiro atoms. The average Bonchev–Trinajstić information content (AvgIpc) is 3.30. The van der Waals surface area contributed by atoms with Gasteiger partial charge in [0.25, 0.3) is 0 Å². The Morgan fingerprint density at radius 2 is 1.74 bits per heavy atom. The van der Waals surface area contributed by atoms with Gasteiger partial charge in [0.05, 0.1) is 25.3 Å². The van der Waals surface area contributed by atoms with E-state index in [2.05, 4.69) is 16.0 Å². The lowest BCUT2D eigenvalue weighted by Gasteiger charge is -2.16. The lowest BCUT2D eigenvalue weighted by atomic mass is 10.0. The Labute approximate surface area is 188 Å². The van der Waals surface area contributed by atoms with Crippen LogP contribution in [0.2, 0.25) is 0 Å². The van der Waals surface area contributed by atoms with Crippen molar-refractivity contribution >= 4 is 23.7 Å². The van der Waals surface area contributed by atoms with Crippen molar-refractivity contribution in [1.29, 1.82) is 0 Å². The van der Waals surface area contributed by atoms with Crippen molar-refractivity contribution in [3.05, 3.63) is 0 Å². The van der Waals surface area contributed by atoms with Gasteiger partial charge in [-0.2, -0.15) is 11.8 Å². The molecule has 0 unspecified atom stereocenters. The summed E-state index contributed by atoms with van der Waals surface area (Å²) in [7, 11) is 0. The molecule has 0 aromatic heterocycles. The van der Waals surface area contributed by atoms with Crippen molar-refractivity contribution in [2.45, 2.75) is 55.9 Å². The lowest BCUT2D eigenvalue weighted by molar-refractivity contribution is -0.303. The molecule has 2 saturated heterocycles. The van der Waals surface area contributed by atoms with Crippen molar-refractivity contribution < 1.29 is 28.8 Å². The predicted molar refractivity (Wildman–Crippen MR) is 119 cm³/mol. The van der Waals surface area contributed by atoms with E-state index in [9.17, 15) is 9.59 Å². The van der Waals surface area contributed by atoms with E-state index in [4.69, 9.17) is 25.0 Å². The highest BCUT2D eigenvalue weighted by Gasteiger charge is 2.42. The number of hydrogen-bond donors (Lipinski definition) is 4. The standard InChI is InChI=1S/C20H38N4O6S/c21-7-3-9-27-11-13-29-30-14-12-28-10-4-8-22-18(25)6-2-1-5-17-19-16(15-31-17)23-20(26)24-19/h16-17,19H,1-15,21H2,(H,22,25)(H2,23,24,26)/t16-,17-,19-/m0/s1. The molecule has 2 rings (SSSR count). The molecular weight excluding hydrogens is 424 g/mol. The third-order valence-corrected chi connectivity index (χ3v) is 6.58. The molecule has 5 N–H and O–H groups in total. The van der Waals surface area contributed by atoms with Gasteiger partial charge < -0.3 is 31.2 Å². The van der Waals surface area contributed by atoms with Gasteiger partial charge in [0.2, 0.25) is 5.91 Å². The molecule has 11 heteroatoms. The average molecular weight is 463 g/mol. The minimum absolute atomic E-state index is 0.0515. The van der Waals surface area contributed by atoms with Gasteiger partial charge >= 0.3 is 6.03 Å². The number of fused-ring (bicyclic) bond motifs is 1. The van der Waals surface area contributed by atoms with Crippen LogP contribution in [0.15, 0.2) is 0 Å². The fourth-order valence-corrected chi connectivity index (χ4v) is 5.00. The summed E-state index contributed by atoms with van der Waals surface area (Å²) in [6.07, 6.45) is 5.04. The highest BCUT2D eigenvalue weighted by molar-refractivity contribution is 8.00. The van der Waals surface area contributed by atoms with Crippen LogP contribution in [0.1, 0.15) is 38.5 Å². The number of nitrogens with one attached hydrogen (secondary N) is 3. The van der Waals surface area contributed by atoms with Crippen molar-refractivity contribution in [1.82, 2.24) is 16.0 Å². The van der Waals surface area contributed by atoms with Crippen LogP contribution < -0.4 is 21.7 Å². The van der Waals surface area contributed by atoms with Gasteiger partial charge in [0, 0.05) is 37.2 Å². The van der Waals surface area contributed by atoms with Crippen LogP contribution in [0.3, 0.4) is 0 Å². The third kappa shape index (κ3) is 11.4. The van der Waals surface area contributed by atoms with Gasteiger partial charge in [-0.25, -0.2) is 14.6 Å². The number of nitrogens with two attached hydrogens (primary N) is 1. The number of rotatable bonds is 19.